The zero-order valence-corrected chi connectivity index (χ0v) is 17.3. The first-order valence-electron chi connectivity index (χ1n) is 9.56. The van der Waals surface area contributed by atoms with E-state index in [4.69, 9.17) is 9.47 Å². The largest absolute Gasteiger partial charge is 0.507 e. The summed E-state index contributed by atoms with van der Waals surface area (Å²) in [5, 5.41) is 10.8. The van der Waals surface area contributed by atoms with Gasteiger partial charge in [0, 0.05) is 11.5 Å². The van der Waals surface area contributed by atoms with E-state index in [-0.39, 0.29) is 17.1 Å². The monoisotopic (exact) mass is 348 g/mol. The van der Waals surface area contributed by atoms with E-state index in [2.05, 4.69) is 67.5 Å². The molecule has 25 heavy (non-hydrogen) atoms. The Morgan fingerprint density at radius 2 is 1.44 bits per heavy atom. The van der Waals surface area contributed by atoms with Crippen molar-refractivity contribution in [2.45, 2.75) is 78.9 Å². The number of phenolic OH excluding ortho intramolecular Hbond substituents is 1. The van der Waals surface area contributed by atoms with E-state index in [1.807, 2.05) is 0 Å². The Bertz CT molecular complexity index is 549. The van der Waals surface area contributed by atoms with Crippen molar-refractivity contribution in [2.24, 2.45) is 11.8 Å². The Hall–Kier alpha value is -1.06. The van der Waals surface area contributed by atoms with Crippen LogP contribution in [0.4, 0.5) is 0 Å². The average Bonchev–Trinajstić information content (AvgIpc) is 2.52. The van der Waals surface area contributed by atoms with Crippen molar-refractivity contribution in [1.82, 2.24) is 0 Å². The van der Waals surface area contributed by atoms with Crippen molar-refractivity contribution in [3.63, 3.8) is 0 Å². The molecule has 1 saturated heterocycles. The highest BCUT2D eigenvalue weighted by atomic mass is 16.7. The lowest BCUT2D eigenvalue weighted by Gasteiger charge is -2.34. The van der Waals surface area contributed by atoms with Crippen LogP contribution in [0, 0.1) is 11.8 Å². The number of aromatic hydroxyl groups is 1. The van der Waals surface area contributed by atoms with E-state index < -0.39 is 0 Å². The Morgan fingerprint density at radius 3 is 1.80 bits per heavy atom. The van der Waals surface area contributed by atoms with Crippen LogP contribution in [-0.4, -0.2) is 18.3 Å². The van der Waals surface area contributed by atoms with Crippen LogP contribution in [0.5, 0.6) is 5.75 Å². The van der Waals surface area contributed by atoms with Crippen LogP contribution in [-0.2, 0) is 20.3 Å². The lowest BCUT2D eigenvalue weighted by atomic mass is 9.78. The molecule has 0 bridgehead atoms. The van der Waals surface area contributed by atoms with Crippen molar-refractivity contribution >= 4 is 0 Å². The lowest BCUT2D eigenvalue weighted by Crippen LogP contribution is -2.31. The normalized spacial score (nSPS) is 23.5. The first-order valence-corrected chi connectivity index (χ1v) is 9.56. The molecule has 142 valence electrons. The molecule has 1 fully saturated rings. The molecule has 1 N–H and O–H groups in total. The molecule has 0 radical (unpaired) electrons. The van der Waals surface area contributed by atoms with Gasteiger partial charge in [0.15, 0.2) is 6.29 Å². The molecule has 1 aliphatic heterocycles. The summed E-state index contributed by atoms with van der Waals surface area (Å²) in [4.78, 5) is 0. The van der Waals surface area contributed by atoms with Gasteiger partial charge in [-0.2, -0.15) is 0 Å². The molecule has 0 aromatic heterocycles. The summed E-state index contributed by atoms with van der Waals surface area (Å²) in [5.74, 6) is 1.47. The fraction of sp³-hybridized carbons (Fsp3) is 0.727. The van der Waals surface area contributed by atoms with E-state index in [9.17, 15) is 5.11 Å². The molecular weight excluding hydrogens is 312 g/mol. The van der Waals surface area contributed by atoms with Gasteiger partial charge in [0.25, 0.3) is 0 Å². The molecule has 3 heteroatoms. The predicted molar refractivity (Wildman–Crippen MR) is 103 cm³/mol. The van der Waals surface area contributed by atoms with Gasteiger partial charge in [0.2, 0.25) is 0 Å². The third-order valence-corrected chi connectivity index (χ3v) is 5.39. The fourth-order valence-corrected chi connectivity index (χ4v) is 3.31. The molecule has 1 heterocycles. The molecule has 3 nitrogen and oxygen atoms in total. The van der Waals surface area contributed by atoms with Gasteiger partial charge in [0.1, 0.15) is 5.75 Å². The summed E-state index contributed by atoms with van der Waals surface area (Å²) in [7, 11) is 0. The third-order valence-electron chi connectivity index (χ3n) is 5.39. The summed E-state index contributed by atoms with van der Waals surface area (Å²) in [6.07, 6.45) is 0.798. The van der Waals surface area contributed by atoms with E-state index in [1.165, 1.54) is 0 Å². The lowest BCUT2D eigenvalue weighted by molar-refractivity contribution is -0.212. The van der Waals surface area contributed by atoms with Gasteiger partial charge >= 0.3 is 0 Å². The highest BCUT2D eigenvalue weighted by Crippen LogP contribution is 2.42. The standard InChI is InChI=1S/C22H36O3/c1-9-14(2)16-12-24-20(25-13-16)15-10-17(21(3,4)5)19(23)18(11-15)22(6,7)8/h10-11,14,16,20,23H,9,12-13H2,1-8H3/t14?,16-,20-. The van der Waals surface area contributed by atoms with Gasteiger partial charge in [0.05, 0.1) is 13.2 Å². The van der Waals surface area contributed by atoms with Crippen LogP contribution in [0.15, 0.2) is 12.1 Å². The summed E-state index contributed by atoms with van der Waals surface area (Å²) in [5.41, 5.74) is 2.62. The molecular formula is C22H36O3. The zero-order chi connectivity index (χ0) is 19.0. The van der Waals surface area contributed by atoms with Crippen LogP contribution in [0.1, 0.15) is 84.8 Å². The number of phenols is 1. The Labute approximate surface area is 153 Å². The molecule has 0 amide bonds. The third kappa shape index (κ3) is 4.57. The maximum absolute atomic E-state index is 10.8. The second-order valence-corrected chi connectivity index (χ2v) is 9.61. The first-order chi connectivity index (χ1) is 11.4. The van der Waals surface area contributed by atoms with Crippen molar-refractivity contribution in [2.75, 3.05) is 13.2 Å². The SMILES string of the molecule is CCC(C)[C@H]1CO[C@H](c2cc(C(C)(C)C)c(O)c(C(C)(C)C)c2)OC1. The minimum absolute atomic E-state index is 0.145. The summed E-state index contributed by atoms with van der Waals surface area (Å²) < 4.78 is 12.1. The second kappa shape index (κ2) is 7.28. The number of hydrogen-bond acceptors (Lipinski definition) is 3. The second-order valence-electron chi connectivity index (χ2n) is 9.61. The minimum atomic E-state index is -0.344. The van der Waals surface area contributed by atoms with Crippen LogP contribution in [0.2, 0.25) is 0 Å². The van der Waals surface area contributed by atoms with Gasteiger partial charge in [-0.3, -0.25) is 0 Å². The molecule has 2 rings (SSSR count). The van der Waals surface area contributed by atoms with Gasteiger partial charge < -0.3 is 14.6 Å². The molecule has 1 aromatic carbocycles. The number of benzene rings is 1. The van der Waals surface area contributed by atoms with Crippen molar-refractivity contribution in [3.05, 3.63) is 28.8 Å². The fourth-order valence-electron chi connectivity index (χ4n) is 3.31. The number of rotatable bonds is 3. The Morgan fingerprint density at radius 1 is 1.00 bits per heavy atom. The molecule has 1 unspecified atom stereocenters. The average molecular weight is 349 g/mol. The van der Waals surface area contributed by atoms with E-state index in [0.717, 1.165) is 36.3 Å². The predicted octanol–water partition coefficient (Wildman–Crippen LogP) is 5.69. The topological polar surface area (TPSA) is 38.7 Å². The maximum Gasteiger partial charge on any atom is 0.183 e. The summed E-state index contributed by atoms with van der Waals surface area (Å²) >= 11 is 0. The van der Waals surface area contributed by atoms with Crippen LogP contribution < -0.4 is 0 Å². The highest BCUT2D eigenvalue weighted by molar-refractivity contribution is 5.50. The molecule has 1 atom stereocenters. The maximum atomic E-state index is 10.8. The number of hydrogen-bond donors (Lipinski definition) is 1. The smallest absolute Gasteiger partial charge is 0.183 e. The molecule has 0 saturated carbocycles. The molecule has 0 spiro atoms. The van der Waals surface area contributed by atoms with Gasteiger partial charge in [-0.1, -0.05) is 61.8 Å². The van der Waals surface area contributed by atoms with Crippen molar-refractivity contribution in [3.8, 4) is 5.75 Å². The highest BCUT2D eigenvalue weighted by Gasteiger charge is 2.31. The Balaban J connectivity index is 2.36. The Kier molecular flexibility index (Phi) is 5.90. The van der Waals surface area contributed by atoms with Crippen molar-refractivity contribution in [1.29, 1.82) is 0 Å². The van der Waals surface area contributed by atoms with Gasteiger partial charge in [-0.25, -0.2) is 0 Å². The quantitative estimate of drug-likeness (QED) is 0.762. The number of ether oxygens (including phenoxy) is 2. The van der Waals surface area contributed by atoms with E-state index in [1.54, 1.807) is 0 Å². The van der Waals surface area contributed by atoms with Crippen molar-refractivity contribution < 1.29 is 14.6 Å². The van der Waals surface area contributed by atoms with Gasteiger partial charge in [-0.05, 0) is 40.0 Å². The van der Waals surface area contributed by atoms with Crippen LogP contribution >= 0.6 is 0 Å². The first kappa shape index (κ1) is 20.3. The van der Waals surface area contributed by atoms with E-state index in [0.29, 0.717) is 17.6 Å². The zero-order valence-electron chi connectivity index (χ0n) is 17.3. The summed E-state index contributed by atoms with van der Waals surface area (Å²) in [6, 6.07) is 4.11. The molecule has 1 aromatic rings. The van der Waals surface area contributed by atoms with Crippen LogP contribution in [0.3, 0.4) is 0 Å². The molecule has 0 aliphatic carbocycles. The minimum Gasteiger partial charge on any atom is -0.507 e. The van der Waals surface area contributed by atoms with E-state index >= 15 is 0 Å². The summed E-state index contributed by atoms with van der Waals surface area (Å²) in [6.45, 7) is 18.7. The van der Waals surface area contributed by atoms with Gasteiger partial charge in [-0.15, -0.1) is 0 Å². The van der Waals surface area contributed by atoms with Crippen LogP contribution in [0.25, 0.3) is 0 Å². The molecule has 1 aliphatic rings.